The standard InChI is InChI=1S/C77H54N4/c1-4-19-54(20-5-1)55-35-37-56(38-36-55)59-23-18-24-60(47-59)75-46-42-62(52-79-75)70-29-12-15-32-73(70)65-49-63(48-64(50-65)72-31-14-11-28-69(72)61-41-45-74(78-51-61)58-21-6-2-7-22-58)71-30-13-10-27-68(71)57-39-43-67(44-40-57)81-53-80(66-25-8-3-9-26-66)76-33-16-17-34-77(76)81/h1-52H,53H2. The highest BCUT2D eigenvalue weighted by molar-refractivity contribution is 5.95. The molecule has 0 saturated carbocycles. The predicted molar refractivity (Wildman–Crippen MR) is 338 cm³/mol. The fraction of sp³-hybridized carbons (Fsp3) is 0.0130. The second kappa shape index (κ2) is 21.6. The first-order valence-electron chi connectivity index (χ1n) is 27.6. The molecule has 382 valence electrons. The van der Waals surface area contributed by atoms with E-state index in [2.05, 4.69) is 307 Å². The zero-order valence-corrected chi connectivity index (χ0v) is 44.5. The summed E-state index contributed by atoms with van der Waals surface area (Å²) in [5, 5.41) is 0. The van der Waals surface area contributed by atoms with Crippen molar-refractivity contribution in [2.75, 3.05) is 16.5 Å². The first-order chi connectivity index (χ1) is 40.1. The number of fused-ring (bicyclic) bond motifs is 1. The highest BCUT2D eigenvalue weighted by Crippen LogP contribution is 2.46. The molecular formula is C77H54N4. The van der Waals surface area contributed by atoms with E-state index in [-0.39, 0.29) is 0 Å². The first-order valence-corrected chi connectivity index (χ1v) is 27.6. The minimum atomic E-state index is 0.727. The average Bonchev–Trinajstić information content (AvgIpc) is 4.19. The second-order valence-corrected chi connectivity index (χ2v) is 20.6. The molecule has 0 aliphatic carbocycles. The van der Waals surface area contributed by atoms with Crippen LogP contribution in [0.1, 0.15) is 0 Å². The Morgan fingerprint density at radius 3 is 1.01 bits per heavy atom. The van der Waals surface area contributed by atoms with Gasteiger partial charge in [-0.2, -0.15) is 0 Å². The summed E-state index contributed by atoms with van der Waals surface area (Å²) in [6.07, 6.45) is 4.04. The van der Waals surface area contributed by atoms with Gasteiger partial charge in [-0.05, 0) is 151 Å². The van der Waals surface area contributed by atoms with Gasteiger partial charge in [0.25, 0.3) is 0 Å². The monoisotopic (exact) mass is 1030 g/mol. The van der Waals surface area contributed by atoms with E-state index in [0.29, 0.717) is 0 Å². The largest absolute Gasteiger partial charge is 0.321 e. The van der Waals surface area contributed by atoms with Crippen molar-refractivity contribution in [2.24, 2.45) is 0 Å². The summed E-state index contributed by atoms with van der Waals surface area (Å²) in [6, 6.07) is 109. The van der Waals surface area contributed by atoms with Crippen molar-refractivity contribution >= 4 is 22.7 Å². The summed E-state index contributed by atoms with van der Waals surface area (Å²) >= 11 is 0. The smallest absolute Gasteiger partial charge is 0.100 e. The van der Waals surface area contributed by atoms with Crippen LogP contribution in [-0.2, 0) is 0 Å². The normalized spacial score (nSPS) is 11.9. The van der Waals surface area contributed by atoms with E-state index in [0.717, 1.165) is 107 Å². The van der Waals surface area contributed by atoms with Crippen molar-refractivity contribution < 1.29 is 0 Å². The van der Waals surface area contributed by atoms with E-state index in [1.54, 1.807) is 0 Å². The Hall–Kier alpha value is -10.7. The van der Waals surface area contributed by atoms with Gasteiger partial charge in [0, 0.05) is 46.0 Å². The van der Waals surface area contributed by atoms with Crippen molar-refractivity contribution in [3.63, 3.8) is 0 Å². The fourth-order valence-electron chi connectivity index (χ4n) is 11.5. The minimum Gasteiger partial charge on any atom is -0.321 e. The molecule has 0 bridgehead atoms. The van der Waals surface area contributed by atoms with Gasteiger partial charge in [0.15, 0.2) is 0 Å². The number of aromatic nitrogens is 2. The molecule has 11 aromatic carbocycles. The molecule has 2 aromatic heterocycles. The Morgan fingerprint density at radius 2 is 0.531 bits per heavy atom. The van der Waals surface area contributed by atoms with Crippen LogP contribution in [0.5, 0.6) is 0 Å². The van der Waals surface area contributed by atoms with Gasteiger partial charge in [-0.15, -0.1) is 0 Å². The molecular weight excluding hydrogens is 981 g/mol. The third kappa shape index (κ3) is 9.77. The Labute approximate surface area is 473 Å². The van der Waals surface area contributed by atoms with E-state index < -0.39 is 0 Å². The lowest BCUT2D eigenvalue weighted by atomic mass is 9.86. The number of para-hydroxylation sites is 3. The van der Waals surface area contributed by atoms with E-state index >= 15 is 0 Å². The van der Waals surface area contributed by atoms with E-state index in [4.69, 9.17) is 9.97 Å². The molecule has 13 aromatic rings. The fourth-order valence-corrected chi connectivity index (χ4v) is 11.5. The average molecular weight is 1040 g/mol. The topological polar surface area (TPSA) is 32.3 Å². The summed E-state index contributed by atoms with van der Waals surface area (Å²) < 4.78 is 0. The van der Waals surface area contributed by atoms with Crippen LogP contribution >= 0.6 is 0 Å². The maximum atomic E-state index is 5.14. The molecule has 0 amide bonds. The Balaban J connectivity index is 0.835. The molecule has 1 aliphatic rings. The van der Waals surface area contributed by atoms with Crippen LogP contribution < -0.4 is 9.80 Å². The number of anilines is 4. The van der Waals surface area contributed by atoms with Crippen molar-refractivity contribution in [1.82, 2.24) is 9.97 Å². The van der Waals surface area contributed by atoms with E-state index in [1.807, 2.05) is 18.5 Å². The highest BCUT2D eigenvalue weighted by Gasteiger charge is 2.28. The van der Waals surface area contributed by atoms with Crippen molar-refractivity contribution in [3.05, 3.63) is 316 Å². The first kappa shape index (κ1) is 48.7. The minimum absolute atomic E-state index is 0.727. The summed E-state index contributed by atoms with van der Waals surface area (Å²) in [5.41, 5.74) is 26.9. The predicted octanol–water partition coefficient (Wildman–Crippen LogP) is 20.4. The van der Waals surface area contributed by atoms with Gasteiger partial charge >= 0.3 is 0 Å². The Morgan fingerprint density at radius 1 is 0.210 bits per heavy atom. The van der Waals surface area contributed by atoms with Crippen molar-refractivity contribution in [3.8, 4) is 112 Å². The number of benzene rings is 11. The van der Waals surface area contributed by atoms with E-state index in [1.165, 1.54) is 33.8 Å². The number of hydrogen-bond donors (Lipinski definition) is 0. The molecule has 81 heavy (non-hydrogen) atoms. The zero-order valence-electron chi connectivity index (χ0n) is 44.5. The maximum absolute atomic E-state index is 5.14. The highest BCUT2D eigenvalue weighted by atomic mass is 15.4. The number of nitrogens with zero attached hydrogens (tertiary/aromatic N) is 4. The zero-order chi connectivity index (χ0) is 53.9. The van der Waals surface area contributed by atoms with E-state index in [9.17, 15) is 0 Å². The van der Waals surface area contributed by atoms with Gasteiger partial charge < -0.3 is 9.80 Å². The number of hydrogen-bond acceptors (Lipinski definition) is 4. The van der Waals surface area contributed by atoms with Crippen LogP contribution in [-0.4, -0.2) is 16.6 Å². The van der Waals surface area contributed by atoms with Gasteiger partial charge in [-0.1, -0.05) is 231 Å². The lowest BCUT2D eigenvalue weighted by Gasteiger charge is -2.22. The van der Waals surface area contributed by atoms with Crippen molar-refractivity contribution in [1.29, 1.82) is 0 Å². The molecule has 0 fully saturated rings. The molecule has 14 rings (SSSR count). The Kier molecular flexibility index (Phi) is 13.0. The summed E-state index contributed by atoms with van der Waals surface area (Å²) in [4.78, 5) is 14.9. The van der Waals surface area contributed by atoms with Crippen LogP contribution in [0.2, 0.25) is 0 Å². The SMILES string of the molecule is c1ccc(-c2ccc(-c3cccc(-c4ccc(-c5ccccc5-c5cc(-c6ccccc6-c6ccc(N7CN(c8ccccc8)c8ccccc87)cc6)cc(-c6ccccc6-c6ccc(-c7ccccc7)nc6)c5)cn4)c3)cc2)cc1. The molecule has 0 atom stereocenters. The molecule has 0 unspecified atom stereocenters. The molecule has 4 nitrogen and oxygen atoms in total. The van der Waals surface area contributed by atoms with Gasteiger partial charge in [0.05, 0.1) is 22.8 Å². The van der Waals surface area contributed by atoms with Crippen molar-refractivity contribution in [2.45, 2.75) is 0 Å². The number of pyridine rings is 2. The number of rotatable bonds is 12. The molecule has 3 heterocycles. The summed E-state index contributed by atoms with van der Waals surface area (Å²) in [6.45, 7) is 0.727. The van der Waals surface area contributed by atoms with Gasteiger partial charge in [0.2, 0.25) is 0 Å². The van der Waals surface area contributed by atoms with Gasteiger partial charge in [-0.3, -0.25) is 9.97 Å². The molecule has 0 saturated heterocycles. The van der Waals surface area contributed by atoms with Crippen LogP contribution in [0.25, 0.3) is 112 Å². The van der Waals surface area contributed by atoms with Gasteiger partial charge in [0.1, 0.15) is 6.67 Å². The maximum Gasteiger partial charge on any atom is 0.100 e. The third-order valence-electron chi connectivity index (χ3n) is 15.7. The molecule has 0 N–H and O–H groups in total. The molecule has 0 radical (unpaired) electrons. The lowest BCUT2D eigenvalue weighted by Crippen LogP contribution is -2.23. The second-order valence-electron chi connectivity index (χ2n) is 20.6. The third-order valence-corrected chi connectivity index (χ3v) is 15.7. The molecule has 4 heteroatoms. The molecule has 0 spiro atoms. The molecule has 1 aliphatic heterocycles. The summed E-state index contributed by atoms with van der Waals surface area (Å²) in [7, 11) is 0. The lowest BCUT2D eigenvalue weighted by molar-refractivity contribution is 0.991. The Bertz CT molecular complexity index is 4330. The van der Waals surface area contributed by atoms with Crippen LogP contribution in [0.4, 0.5) is 22.7 Å². The quantitative estimate of drug-likeness (QED) is 0.122. The van der Waals surface area contributed by atoms with Gasteiger partial charge in [-0.25, -0.2) is 0 Å². The summed E-state index contributed by atoms with van der Waals surface area (Å²) in [5.74, 6) is 0. The van der Waals surface area contributed by atoms with Crippen LogP contribution in [0.15, 0.2) is 316 Å². The van der Waals surface area contributed by atoms with Crippen LogP contribution in [0.3, 0.4) is 0 Å². The van der Waals surface area contributed by atoms with Crippen LogP contribution in [0, 0.1) is 0 Å².